The summed E-state index contributed by atoms with van der Waals surface area (Å²) in [5.74, 6) is -0.321. The van der Waals surface area contributed by atoms with E-state index in [1.807, 2.05) is 12.1 Å². The van der Waals surface area contributed by atoms with Crippen molar-refractivity contribution in [2.75, 3.05) is 13.1 Å². The van der Waals surface area contributed by atoms with Crippen LogP contribution in [0.25, 0.3) is 22.2 Å². The Morgan fingerprint density at radius 3 is 2.40 bits per heavy atom. The molecule has 3 heterocycles. The van der Waals surface area contributed by atoms with Crippen LogP contribution in [0.2, 0.25) is 0 Å². The van der Waals surface area contributed by atoms with E-state index in [-0.39, 0.29) is 11.8 Å². The number of hydrogen-bond acceptors (Lipinski definition) is 2. The predicted octanol–water partition coefficient (Wildman–Crippen LogP) is 6.24. The molecule has 3 aromatic rings. The summed E-state index contributed by atoms with van der Waals surface area (Å²) < 4.78 is 2.31. The van der Waals surface area contributed by atoms with E-state index in [9.17, 15) is 14.7 Å². The quantitative estimate of drug-likeness (QED) is 0.493. The lowest BCUT2D eigenvalue weighted by Crippen LogP contribution is -2.41. The van der Waals surface area contributed by atoms with Crippen molar-refractivity contribution in [2.45, 2.75) is 70.3 Å². The fraction of sp³-hybridized carbons (Fsp3) is 0.467. The Morgan fingerprint density at radius 1 is 0.886 bits per heavy atom. The molecule has 1 saturated carbocycles. The van der Waals surface area contributed by atoms with Crippen molar-refractivity contribution < 1.29 is 14.7 Å². The van der Waals surface area contributed by atoms with Gasteiger partial charge in [-0.25, -0.2) is 4.79 Å². The van der Waals surface area contributed by atoms with Gasteiger partial charge in [0.1, 0.15) is 0 Å². The van der Waals surface area contributed by atoms with Gasteiger partial charge in [0.05, 0.1) is 17.2 Å². The lowest BCUT2D eigenvalue weighted by Gasteiger charge is -2.30. The first kappa shape index (κ1) is 22.4. The standard InChI is InChI=1S/C30H34N2O3/c33-29(31-15-7-2-8-16-31)23-17-21-11-5-6-12-24(21)28-27(20-9-3-1-4-10-20)25-14-13-22(30(34)35)18-26(25)32(28)19-23/h5-6,11-14,18,20,23H,1-4,7-10,15-17,19H2,(H,34,35)/t23-/m0/s1. The number of hydrogen-bond donors (Lipinski definition) is 1. The fourth-order valence-electron chi connectivity index (χ4n) is 6.81. The zero-order valence-corrected chi connectivity index (χ0v) is 20.3. The van der Waals surface area contributed by atoms with Crippen LogP contribution in [0.15, 0.2) is 42.5 Å². The number of carboxylic acid groups (broad SMARTS) is 1. The summed E-state index contributed by atoms with van der Waals surface area (Å²) in [7, 11) is 0. The second-order valence-corrected chi connectivity index (χ2v) is 10.7. The van der Waals surface area contributed by atoms with Gasteiger partial charge in [0.25, 0.3) is 0 Å². The summed E-state index contributed by atoms with van der Waals surface area (Å²) in [5, 5.41) is 10.9. The smallest absolute Gasteiger partial charge is 0.335 e. The third kappa shape index (κ3) is 3.95. The molecule has 0 radical (unpaired) electrons. The number of carboxylic acids is 1. The topological polar surface area (TPSA) is 62.5 Å². The van der Waals surface area contributed by atoms with Gasteiger partial charge in [0, 0.05) is 36.1 Å². The third-order valence-corrected chi connectivity index (χ3v) is 8.52. The number of rotatable bonds is 3. The Morgan fingerprint density at radius 2 is 1.63 bits per heavy atom. The minimum Gasteiger partial charge on any atom is -0.478 e. The van der Waals surface area contributed by atoms with Crippen LogP contribution in [0.1, 0.15) is 78.8 Å². The molecule has 3 aliphatic rings. The van der Waals surface area contributed by atoms with Crippen molar-refractivity contribution in [1.82, 2.24) is 9.47 Å². The Balaban J connectivity index is 1.56. The van der Waals surface area contributed by atoms with E-state index >= 15 is 0 Å². The summed E-state index contributed by atoms with van der Waals surface area (Å²) >= 11 is 0. The van der Waals surface area contributed by atoms with Crippen LogP contribution in [0, 0.1) is 5.92 Å². The predicted molar refractivity (Wildman–Crippen MR) is 138 cm³/mol. The Labute approximate surface area is 206 Å². The van der Waals surface area contributed by atoms with E-state index in [4.69, 9.17) is 0 Å². The van der Waals surface area contributed by atoms with Crippen molar-refractivity contribution in [2.24, 2.45) is 5.92 Å². The summed E-state index contributed by atoms with van der Waals surface area (Å²) in [6.45, 7) is 2.31. The number of benzene rings is 2. The van der Waals surface area contributed by atoms with Crippen molar-refractivity contribution in [1.29, 1.82) is 0 Å². The van der Waals surface area contributed by atoms with Crippen LogP contribution in [0.4, 0.5) is 0 Å². The second kappa shape index (κ2) is 9.18. The van der Waals surface area contributed by atoms with E-state index in [2.05, 4.69) is 33.7 Å². The maximum atomic E-state index is 13.8. The molecule has 1 amide bonds. The largest absolute Gasteiger partial charge is 0.478 e. The number of amides is 1. The van der Waals surface area contributed by atoms with E-state index in [1.54, 1.807) is 6.07 Å². The molecule has 0 unspecified atom stereocenters. The monoisotopic (exact) mass is 470 g/mol. The van der Waals surface area contributed by atoms with E-state index in [1.165, 1.54) is 60.9 Å². The lowest BCUT2D eigenvalue weighted by atomic mass is 9.81. The number of aromatic carboxylic acids is 1. The molecule has 5 heteroatoms. The zero-order chi connectivity index (χ0) is 23.9. The third-order valence-electron chi connectivity index (χ3n) is 8.52. The number of carbonyl (C=O) groups excluding carboxylic acids is 1. The van der Waals surface area contributed by atoms with Gasteiger partial charge in [-0.2, -0.15) is 0 Å². The molecule has 6 rings (SSSR count). The van der Waals surface area contributed by atoms with Gasteiger partial charge in [-0.1, -0.05) is 49.6 Å². The van der Waals surface area contributed by atoms with Crippen molar-refractivity contribution in [3.63, 3.8) is 0 Å². The van der Waals surface area contributed by atoms with Crippen molar-refractivity contribution in [3.8, 4) is 11.3 Å². The molecule has 182 valence electrons. The number of nitrogens with zero attached hydrogens (tertiary/aromatic N) is 2. The highest BCUT2D eigenvalue weighted by Gasteiger charge is 2.34. The Bertz CT molecular complexity index is 1280. The molecule has 35 heavy (non-hydrogen) atoms. The van der Waals surface area contributed by atoms with Crippen molar-refractivity contribution >= 4 is 22.8 Å². The maximum Gasteiger partial charge on any atom is 0.335 e. The lowest BCUT2D eigenvalue weighted by molar-refractivity contribution is -0.136. The van der Waals surface area contributed by atoms with Crippen molar-refractivity contribution in [3.05, 3.63) is 59.2 Å². The minimum absolute atomic E-state index is 0.140. The van der Waals surface area contributed by atoms with Gasteiger partial charge in [0.15, 0.2) is 0 Å². The van der Waals surface area contributed by atoms with Gasteiger partial charge >= 0.3 is 5.97 Å². The first-order valence-electron chi connectivity index (χ1n) is 13.4. The molecule has 2 aliphatic heterocycles. The van der Waals surface area contributed by atoms with Gasteiger partial charge in [-0.15, -0.1) is 0 Å². The number of piperidine rings is 1. The molecule has 1 aliphatic carbocycles. The van der Waals surface area contributed by atoms with Crippen LogP contribution < -0.4 is 0 Å². The van der Waals surface area contributed by atoms with Gasteiger partial charge in [-0.05, 0) is 67.7 Å². The molecule has 0 bridgehead atoms. The van der Waals surface area contributed by atoms with Gasteiger partial charge < -0.3 is 14.6 Å². The van der Waals surface area contributed by atoms with Crippen LogP contribution >= 0.6 is 0 Å². The first-order valence-corrected chi connectivity index (χ1v) is 13.4. The fourth-order valence-corrected chi connectivity index (χ4v) is 6.81. The van der Waals surface area contributed by atoms with E-state index < -0.39 is 5.97 Å². The second-order valence-electron chi connectivity index (χ2n) is 10.7. The maximum absolute atomic E-state index is 13.8. The van der Waals surface area contributed by atoms with E-state index in [0.29, 0.717) is 18.0 Å². The molecular weight excluding hydrogens is 436 g/mol. The number of fused-ring (bicyclic) bond motifs is 5. The summed E-state index contributed by atoms with van der Waals surface area (Å²) in [6, 6.07) is 14.2. The van der Waals surface area contributed by atoms with Gasteiger partial charge in [-0.3, -0.25) is 4.79 Å². The zero-order valence-electron chi connectivity index (χ0n) is 20.3. The SMILES string of the molecule is O=C(O)c1ccc2c(C3CCCCC3)c3n(c2c1)C[C@@H](C(=O)N1CCCCC1)Cc1ccccc1-3. The summed E-state index contributed by atoms with van der Waals surface area (Å²) in [6.07, 6.45) is 10.2. The summed E-state index contributed by atoms with van der Waals surface area (Å²) in [5.41, 5.74) is 6.32. The molecule has 1 aromatic heterocycles. The number of likely N-dealkylation sites (tertiary alicyclic amines) is 1. The Hall–Kier alpha value is -3.08. The highest BCUT2D eigenvalue weighted by Crippen LogP contribution is 2.46. The molecule has 2 fully saturated rings. The highest BCUT2D eigenvalue weighted by atomic mass is 16.4. The Kier molecular flexibility index (Phi) is 5.87. The molecule has 1 N–H and O–H groups in total. The normalized spacial score (nSPS) is 20.8. The van der Waals surface area contributed by atoms with E-state index in [0.717, 1.165) is 43.3 Å². The van der Waals surface area contributed by atoms with Crippen LogP contribution in [0.5, 0.6) is 0 Å². The van der Waals surface area contributed by atoms with Crippen LogP contribution in [0.3, 0.4) is 0 Å². The minimum atomic E-state index is -0.906. The van der Waals surface area contributed by atoms with Crippen LogP contribution in [-0.4, -0.2) is 39.5 Å². The average molecular weight is 471 g/mol. The highest BCUT2D eigenvalue weighted by molar-refractivity contribution is 5.99. The molecule has 2 aromatic carbocycles. The average Bonchev–Trinajstić information content (AvgIpc) is 3.11. The molecule has 1 saturated heterocycles. The molecule has 1 atom stereocenters. The first-order chi connectivity index (χ1) is 17.1. The molecular formula is C30H34N2O3. The number of aromatic nitrogens is 1. The summed E-state index contributed by atoms with van der Waals surface area (Å²) in [4.78, 5) is 27.7. The molecule has 5 nitrogen and oxygen atoms in total. The molecule has 0 spiro atoms. The number of carbonyl (C=O) groups is 2. The van der Waals surface area contributed by atoms with Crippen LogP contribution in [-0.2, 0) is 17.8 Å². The van der Waals surface area contributed by atoms with Gasteiger partial charge in [0.2, 0.25) is 5.91 Å².